The topological polar surface area (TPSA) is 68.0 Å². The van der Waals surface area contributed by atoms with Gasteiger partial charge in [-0.3, -0.25) is 4.79 Å². The third kappa shape index (κ3) is 1.86. The van der Waals surface area contributed by atoms with E-state index in [1.807, 2.05) is 13.8 Å². The summed E-state index contributed by atoms with van der Waals surface area (Å²) in [7, 11) is 0. The molecule has 0 fully saturated rings. The van der Waals surface area contributed by atoms with Gasteiger partial charge in [0, 0.05) is 6.42 Å². The molecular formula is C10H15N3O2. The quantitative estimate of drug-likeness (QED) is 0.790. The zero-order valence-electron chi connectivity index (χ0n) is 8.97. The number of hydrogen-bond acceptors (Lipinski definition) is 3. The van der Waals surface area contributed by atoms with E-state index in [9.17, 15) is 4.79 Å². The molecule has 0 saturated carbocycles. The molecule has 1 heterocycles. The van der Waals surface area contributed by atoms with Gasteiger partial charge in [-0.1, -0.05) is 0 Å². The third-order valence-electron chi connectivity index (χ3n) is 2.76. The Hall–Kier alpha value is -1.39. The van der Waals surface area contributed by atoms with E-state index >= 15 is 0 Å². The number of nitrogens with zero attached hydrogens (tertiary/aromatic N) is 3. The summed E-state index contributed by atoms with van der Waals surface area (Å²) < 4.78 is 0. The monoisotopic (exact) mass is 209 g/mol. The van der Waals surface area contributed by atoms with E-state index in [0.29, 0.717) is 12.8 Å². The van der Waals surface area contributed by atoms with Crippen LogP contribution in [-0.4, -0.2) is 26.1 Å². The van der Waals surface area contributed by atoms with Gasteiger partial charge in [-0.05, 0) is 26.7 Å². The molecule has 1 N–H and O–H groups in total. The Morgan fingerprint density at radius 2 is 2.13 bits per heavy atom. The highest BCUT2D eigenvalue weighted by Gasteiger charge is 2.27. The Morgan fingerprint density at radius 3 is 2.73 bits per heavy atom. The number of fused-ring (bicyclic) bond motifs is 1. The summed E-state index contributed by atoms with van der Waals surface area (Å²) in [6, 6.07) is 0.235. The zero-order valence-corrected chi connectivity index (χ0v) is 8.97. The minimum absolute atomic E-state index is 0.235. The van der Waals surface area contributed by atoms with Crippen molar-refractivity contribution in [2.75, 3.05) is 0 Å². The van der Waals surface area contributed by atoms with Gasteiger partial charge in [0.05, 0.1) is 23.3 Å². The van der Waals surface area contributed by atoms with Crippen LogP contribution in [0.4, 0.5) is 0 Å². The summed E-state index contributed by atoms with van der Waals surface area (Å²) >= 11 is 0. The standard InChI is InChI=1S/C10H15N3O2/c1-6(2)13-11-8-4-3-7(10(14)15)5-9(8)12-13/h6-7H,3-5H2,1-2H3,(H,14,15). The summed E-state index contributed by atoms with van der Waals surface area (Å²) in [6.07, 6.45) is 1.94. The van der Waals surface area contributed by atoms with Gasteiger partial charge < -0.3 is 5.11 Å². The molecule has 1 aromatic rings. The molecule has 5 nitrogen and oxygen atoms in total. The molecule has 1 aliphatic carbocycles. The maximum atomic E-state index is 10.8. The largest absolute Gasteiger partial charge is 0.481 e. The second-order valence-electron chi connectivity index (χ2n) is 4.29. The van der Waals surface area contributed by atoms with E-state index in [1.54, 1.807) is 4.80 Å². The third-order valence-corrected chi connectivity index (χ3v) is 2.76. The average molecular weight is 209 g/mol. The second-order valence-corrected chi connectivity index (χ2v) is 4.29. The van der Waals surface area contributed by atoms with Crippen LogP contribution in [0.5, 0.6) is 0 Å². The van der Waals surface area contributed by atoms with Crippen LogP contribution < -0.4 is 0 Å². The van der Waals surface area contributed by atoms with Crippen LogP contribution in [0.25, 0.3) is 0 Å². The van der Waals surface area contributed by atoms with Crippen molar-refractivity contribution in [3.05, 3.63) is 11.4 Å². The van der Waals surface area contributed by atoms with Crippen LogP contribution in [-0.2, 0) is 17.6 Å². The van der Waals surface area contributed by atoms with Gasteiger partial charge in [0.2, 0.25) is 0 Å². The van der Waals surface area contributed by atoms with Crippen molar-refractivity contribution >= 4 is 5.97 Å². The van der Waals surface area contributed by atoms with Crippen LogP contribution in [0, 0.1) is 5.92 Å². The maximum absolute atomic E-state index is 10.8. The van der Waals surface area contributed by atoms with Crippen LogP contribution in [0.3, 0.4) is 0 Å². The number of carbonyl (C=O) groups is 1. The Kier molecular flexibility index (Phi) is 2.46. The lowest BCUT2D eigenvalue weighted by atomic mass is 9.90. The minimum atomic E-state index is -0.722. The Morgan fingerprint density at radius 1 is 1.47 bits per heavy atom. The van der Waals surface area contributed by atoms with Crippen molar-refractivity contribution in [1.82, 2.24) is 15.0 Å². The van der Waals surface area contributed by atoms with Gasteiger partial charge in [0.1, 0.15) is 0 Å². The first-order valence-electron chi connectivity index (χ1n) is 5.25. The zero-order chi connectivity index (χ0) is 11.0. The number of carboxylic acids is 1. The van der Waals surface area contributed by atoms with E-state index in [1.165, 1.54) is 0 Å². The smallest absolute Gasteiger partial charge is 0.306 e. The Bertz CT molecular complexity index is 384. The molecule has 0 saturated heterocycles. The predicted molar refractivity (Wildman–Crippen MR) is 53.6 cm³/mol. The molecule has 1 aromatic heterocycles. The summed E-state index contributed by atoms with van der Waals surface area (Å²) in [5.41, 5.74) is 1.84. The molecule has 5 heteroatoms. The normalized spacial score (nSPS) is 20.3. The van der Waals surface area contributed by atoms with Crippen LogP contribution in [0.15, 0.2) is 0 Å². The molecule has 0 aliphatic heterocycles. The average Bonchev–Trinajstić information content (AvgIpc) is 2.59. The number of aryl methyl sites for hydroxylation is 1. The summed E-state index contributed by atoms with van der Waals surface area (Å²) in [4.78, 5) is 12.5. The van der Waals surface area contributed by atoms with Crippen molar-refractivity contribution in [2.24, 2.45) is 5.92 Å². The van der Waals surface area contributed by atoms with Crippen molar-refractivity contribution in [2.45, 2.75) is 39.2 Å². The predicted octanol–water partition coefficient (Wildman–Crippen LogP) is 1.05. The lowest BCUT2D eigenvalue weighted by Crippen LogP contribution is -2.22. The van der Waals surface area contributed by atoms with Crippen molar-refractivity contribution in [3.8, 4) is 0 Å². The molecule has 0 aromatic carbocycles. The molecule has 0 spiro atoms. The van der Waals surface area contributed by atoms with Gasteiger partial charge in [0.25, 0.3) is 0 Å². The highest BCUT2D eigenvalue weighted by Crippen LogP contribution is 2.23. The van der Waals surface area contributed by atoms with Gasteiger partial charge in [-0.25, -0.2) is 0 Å². The summed E-state index contributed by atoms with van der Waals surface area (Å²) in [6.45, 7) is 4.03. The molecule has 0 amide bonds. The highest BCUT2D eigenvalue weighted by atomic mass is 16.4. The highest BCUT2D eigenvalue weighted by molar-refractivity contribution is 5.70. The number of rotatable bonds is 2. The summed E-state index contributed by atoms with van der Waals surface area (Å²) in [5.74, 6) is -1.01. The molecule has 1 aliphatic rings. The van der Waals surface area contributed by atoms with Crippen LogP contribution >= 0.6 is 0 Å². The number of hydrogen-bond donors (Lipinski definition) is 1. The Labute approximate surface area is 88.1 Å². The first-order chi connectivity index (χ1) is 7.08. The van der Waals surface area contributed by atoms with Crippen molar-refractivity contribution in [1.29, 1.82) is 0 Å². The fraction of sp³-hybridized carbons (Fsp3) is 0.700. The Balaban J connectivity index is 2.22. The summed E-state index contributed by atoms with van der Waals surface area (Å²) in [5, 5.41) is 17.6. The molecule has 1 atom stereocenters. The fourth-order valence-corrected chi connectivity index (χ4v) is 1.83. The molecular weight excluding hydrogens is 194 g/mol. The second kappa shape index (κ2) is 3.64. The SMILES string of the molecule is CC(C)n1nc2c(n1)CC(C(=O)O)CC2. The van der Waals surface area contributed by atoms with Crippen LogP contribution in [0.1, 0.15) is 37.7 Å². The minimum Gasteiger partial charge on any atom is -0.481 e. The number of aliphatic carboxylic acids is 1. The van der Waals surface area contributed by atoms with Gasteiger partial charge in [0.15, 0.2) is 0 Å². The van der Waals surface area contributed by atoms with E-state index < -0.39 is 5.97 Å². The van der Waals surface area contributed by atoms with E-state index in [2.05, 4.69) is 10.2 Å². The van der Waals surface area contributed by atoms with Gasteiger partial charge in [-0.2, -0.15) is 15.0 Å². The van der Waals surface area contributed by atoms with Crippen molar-refractivity contribution in [3.63, 3.8) is 0 Å². The van der Waals surface area contributed by atoms with Gasteiger partial charge >= 0.3 is 5.97 Å². The molecule has 0 radical (unpaired) electrons. The molecule has 2 rings (SSSR count). The molecule has 0 bridgehead atoms. The molecule has 82 valence electrons. The lowest BCUT2D eigenvalue weighted by molar-refractivity contribution is -0.142. The first kappa shape index (κ1) is 10.1. The maximum Gasteiger partial charge on any atom is 0.306 e. The van der Waals surface area contributed by atoms with E-state index in [0.717, 1.165) is 17.8 Å². The lowest BCUT2D eigenvalue weighted by Gasteiger charge is -2.15. The first-order valence-corrected chi connectivity index (χ1v) is 5.25. The fourth-order valence-electron chi connectivity index (χ4n) is 1.83. The molecule has 15 heavy (non-hydrogen) atoms. The number of aromatic nitrogens is 3. The van der Waals surface area contributed by atoms with E-state index in [-0.39, 0.29) is 12.0 Å². The van der Waals surface area contributed by atoms with E-state index in [4.69, 9.17) is 5.11 Å². The van der Waals surface area contributed by atoms with Crippen LogP contribution in [0.2, 0.25) is 0 Å². The number of carboxylic acid groups (broad SMARTS) is 1. The van der Waals surface area contributed by atoms with Crippen molar-refractivity contribution < 1.29 is 9.90 Å². The van der Waals surface area contributed by atoms with Gasteiger partial charge in [-0.15, -0.1) is 0 Å². The molecule has 1 unspecified atom stereocenters.